The summed E-state index contributed by atoms with van der Waals surface area (Å²) in [7, 11) is -1.70. The summed E-state index contributed by atoms with van der Waals surface area (Å²) in [6.45, 7) is 3.23. The lowest BCUT2D eigenvalue weighted by Crippen LogP contribution is -2.39. The van der Waals surface area contributed by atoms with E-state index in [1.54, 1.807) is 20.0 Å². The summed E-state index contributed by atoms with van der Waals surface area (Å²) in [5.74, 6) is 0.522. The molecule has 6 nitrogen and oxygen atoms in total. The first kappa shape index (κ1) is 13.5. The van der Waals surface area contributed by atoms with E-state index in [0.717, 1.165) is 19.4 Å². The van der Waals surface area contributed by atoms with E-state index in [2.05, 4.69) is 10.5 Å². The number of hydrogen-bond acceptors (Lipinski definition) is 5. The molecule has 0 amide bonds. The van der Waals surface area contributed by atoms with Crippen LogP contribution in [0.3, 0.4) is 0 Å². The highest BCUT2D eigenvalue weighted by Gasteiger charge is 2.24. The second kappa shape index (κ2) is 5.38. The highest BCUT2D eigenvalue weighted by Crippen LogP contribution is 2.13. The first-order chi connectivity index (χ1) is 8.47. The summed E-state index contributed by atoms with van der Waals surface area (Å²) in [6, 6.07) is 1.92. The Labute approximate surface area is 107 Å². The van der Waals surface area contributed by atoms with Crippen LogP contribution in [0.4, 0.5) is 0 Å². The maximum atomic E-state index is 12.1. The Morgan fingerprint density at radius 2 is 2.39 bits per heavy atom. The van der Waals surface area contributed by atoms with Crippen molar-refractivity contribution in [3.8, 4) is 0 Å². The van der Waals surface area contributed by atoms with Crippen LogP contribution in [0.5, 0.6) is 0 Å². The molecule has 0 radical (unpaired) electrons. The molecule has 1 aromatic rings. The Morgan fingerprint density at radius 3 is 2.94 bits per heavy atom. The molecule has 18 heavy (non-hydrogen) atoms. The van der Waals surface area contributed by atoms with E-state index in [9.17, 15) is 8.42 Å². The fourth-order valence-corrected chi connectivity index (χ4v) is 3.26. The number of aryl methyl sites for hydroxylation is 1. The van der Waals surface area contributed by atoms with Gasteiger partial charge in [0.1, 0.15) is 17.2 Å². The highest BCUT2D eigenvalue weighted by molar-refractivity contribution is 7.88. The summed E-state index contributed by atoms with van der Waals surface area (Å²) < 4.78 is 30.5. The minimum absolute atomic E-state index is 0.104. The number of nitrogens with zero attached hydrogens (tertiary/aromatic N) is 2. The van der Waals surface area contributed by atoms with Crippen molar-refractivity contribution in [2.24, 2.45) is 0 Å². The second-order valence-electron chi connectivity index (χ2n) is 4.76. The van der Waals surface area contributed by atoms with E-state index in [1.165, 1.54) is 4.31 Å². The third-order valence-corrected chi connectivity index (χ3v) is 4.88. The third-order valence-electron chi connectivity index (χ3n) is 3.12. The van der Waals surface area contributed by atoms with Gasteiger partial charge in [0.2, 0.25) is 10.0 Å². The number of hydrogen-bond donors (Lipinski definition) is 1. The fraction of sp³-hybridized carbons (Fsp3) is 0.727. The molecule has 1 aromatic heterocycles. The van der Waals surface area contributed by atoms with Crippen molar-refractivity contribution in [1.82, 2.24) is 14.8 Å². The van der Waals surface area contributed by atoms with Crippen molar-refractivity contribution >= 4 is 10.0 Å². The van der Waals surface area contributed by atoms with Gasteiger partial charge in [0, 0.05) is 25.7 Å². The molecule has 2 heterocycles. The van der Waals surface area contributed by atoms with Crippen molar-refractivity contribution in [2.45, 2.75) is 31.6 Å². The maximum Gasteiger partial charge on any atom is 0.219 e. The van der Waals surface area contributed by atoms with E-state index >= 15 is 0 Å². The van der Waals surface area contributed by atoms with E-state index in [1.807, 2.05) is 0 Å². The minimum Gasteiger partial charge on any atom is -0.361 e. The molecule has 1 aliphatic rings. The van der Waals surface area contributed by atoms with Crippen molar-refractivity contribution in [2.75, 3.05) is 20.1 Å². The molecule has 0 spiro atoms. The Balaban J connectivity index is 1.96. The van der Waals surface area contributed by atoms with E-state index in [0.29, 0.717) is 18.0 Å². The van der Waals surface area contributed by atoms with E-state index < -0.39 is 10.0 Å². The molecule has 1 saturated heterocycles. The third kappa shape index (κ3) is 3.30. The number of rotatable bonds is 5. The van der Waals surface area contributed by atoms with Crippen LogP contribution in [0.1, 0.15) is 24.3 Å². The topological polar surface area (TPSA) is 75.4 Å². The lowest BCUT2D eigenvalue weighted by Gasteiger charge is -2.20. The number of sulfonamides is 1. The average molecular weight is 273 g/mol. The smallest absolute Gasteiger partial charge is 0.219 e. The molecule has 102 valence electrons. The number of nitrogens with one attached hydrogen (secondary N) is 1. The Bertz CT molecular complexity index is 491. The largest absolute Gasteiger partial charge is 0.361 e. The number of aromatic nitrogens is 1. The van der Waals surface area contributed by atoms with Gasteiger partial charge in [0.05, 0.1) is 0 Å². The zero-order valence-corrected chi connectivity index (χ0v) is 11.5. The molecule has 0 aliphatic carbocycles. The van der Waals surface area contributed by atoms with Gasteiger partial charge >= 0.3 is 0 Å². The van der Waals surface area contributed by atoms with Crippen LogP contribution in [0.15, 0.2) is 10.6 Å². The monoisotopic (exact) mass is 273 g/mol. The van der Waals surface area contributed by atoms with Gasteiger partial charge in [-0.3, -0.25) is 0 Å². The summed E-state index contributed by atoms with van der Waals surface area (Å²) in [6.07, 6.45) is 2.14. The van der Waals surface area contributed by atoms with Gasteiger partial charge < -0.3 is 9.84 Å². The van der Waals surface area contributed by atoms with Crippen LogP contribution >= 0.6 is 0 Å². The second-order valence-corrected chi connectivity index (χ2v) is 6.83. The Kier molecular flexibility index (Phi) is 4.04. The maximum absolute atomic E-state index is 12.1. The van der Waals surface area contributed by atoms with Crippen molar-refractivity contribution in [3.05, 3.63) is 17.5 Å². The first-order valence-corrected chi connectivity index (χ1v) is 7.68. The first-order valence-electron chi connectivity index (χ1n) is 6.07. The van der Waals surface area contributed by atoms with Gasteiger partial charge in [-0.25, -0.2) is 12.7 Å². The Hall–Kier alpha value is -0.920. The summed E-state index contributed by atoms with van der Waals surface area (Å²) in [5.41, 5.74) is 0.457. The van der Waals surface area contributed by atoms with Crippen LogP contribution in [-0.2, 0) is 15.8 Å². The predicted molar refractivity (Wildman–Crippen MR) is 67.5 cm³/mol. The quantitative estimate of drug-likeness (QED) is 0.845. The molecule has 2 rings (SSSR count). The van der Waals surface area contributed by atoms with Gasteiger partial charge in [-0.15, -0.1) is 0 Å². The molecule has 1 unspecified atom stereocenters. The van der Waals surface area contributed by atoms with Gasteiger partial charge in [-0.2, -0.15) is 0 Å². The fourth-order valence-electron chi connectivity index (χ4n) is 2.12. The van der Waals surface area contributed by atoms with Crippen LogP contribution < -0.4 is 5.32 Å². The van der Waals surface area contributed by atoms with Crippen LogP contribution in [0.25, 0.3) is 0 Å². The normalized spacial score (nSPS) is 20.7. The van der Waals surface area contributed by atoms with Gasteiger partial charge in [-0.1, -0.05) is 5.16 Å². The van der Waals surface area contributed by atoms with Crippen molar-refractivity contribution < 1.29 is 12.9 Å². The molecule has 1 N–H and O–H groups in total. The predicted octanol–water partition coefficient (Wildman–Crippen LogP) is 0.497. The Morgan fingerprint density at radius 1 is 1.61 bits per heavy atom. The molecule has 0 aromatic carbocycles. The number of likely N-dealkylation sites (N-methyl/N-ethyl adjacent to an activating group) is 1. The zero-order chi connectivity index (χ0) is 13.2. The molecule has 0 bridgehead atoms. The SMILES string of the molecule is Cc1cc(CS(=O)(=O)N(C)CC2CCCN2)no1. The molecule has 1 atom stereocenters. The van der Waals surface area contributed by atoms with Crippen LogP contribution in [-0.4, -0.2) is 44.1 Å². The highest BCUT2D eigenvalue weighted by atomic mass is 32.2. The van der Waals surface area contributed by atoms with Gasteiger partial charge in [0.15, 0.2) is 0 Å². The minimum atomic E-state index is -3.32. The zero-order valence-electron chi connectivity index (χ0n) is 10.7. The van der Waals surface area contributed by atoms with Crippen LogP contribution in [0.2, 0.25) is 0 Å². The van der Waals surface area contributed by atoms with Gasteiger partial charge in [0.25, 0.3) is 0 Å². The van der Waals surface area contributed by atoms with Crippen molar-refractivity contribution in [3.63, 3.8) is 0 Å². The molecular weight excluding hydrogens is 254 g/mol. The molecule has 1 fully saturated rings. The molecular formula is C11H19N3O3S. The standard InChI is InChI=1S/C11H19N3O3S/c1-9-6-11(13-17-9)8-18(15,16)14(2)7-10-4-3-5-12-10/h6,10,12H,3-5,7-8H2,1-2H3. The average Bonchev–Trinajstić information content (AvgIpc) is 2.90. The summed E-state index contributed by atoms with van der Waals surface area (Å²) in [4.78, 5) is 0. The molecule has 0 saturated carbocycles. The van der Waals surface area contributed by atoms with Gasteiger partial charge in [-0.05, 0) is 26.3 Å². The lowest BCUT2D eigenvalue weighted by molar-refractivity contribution is 0.389. The molecule has 7 heteroatoms. The summed E-state index contributed by atoms with van der Waals surface area (Å²) >= 11 is 0. The summed E-state index contributed by atoms with van der Waals surface area (Å²) in [5, 5.41) is 7.01. The molecule has 1 aliphatic heterocycles. The van der Waals surface area contributed by atoms with Crippen LogP contribution in [0, 0.1) is 6.92 Å². The lowest BCUT2D eigenvalue weighted by atomic mass is 10.2. The van der Waals surface area contributed by atoms with Crippen molar-refractivity contribution in [1.29, 1.82) is 0 Å². The van der Waals surface area contributed by atoms with E-state index in [4.69, 9.17) is 4.52 Å². The van der Waals surface area contributed by atoms with E-state index in [-0.39, 0.29) is 11.8 Å².